The van der Waals surface area contributed by atoms with Crippen molar-refractivity contribution in [1.82, 2.24) is 0 Å². The molecule has 0 fully saturated rings. The minimum atomic E-state index is -0.372. The zero-order chi connectivity index (χ0) is 29.0. The van der Waals surface area contributed by atoms with Gasteiger partial charge < -0.3 is 24.1 Å². The largest absolute Gasteiger partial charge is 0.489 e. The van der Waals surface area contributed by atoms with Crippen molar-refractivity contribution in [2.75, 3.05) is 6.61 Å². The molecule has 0 amide bonds. The summed E-state index contributed by atoms with van der Waals surface area (Å²) in [6.45, 7) is 3.31. The molecular weight excluding hydrogens is 524 g/mol. The second-order valence-electron chi connectivity index (χ2n) is 10.1. The highest BCUT2D eigenvalue weighted by Crippen LogP contribution is 2.37. The molecule has 0 aliphatic carbocycles. The number of aliphatic hydroxyl groups is 1. The SMILES string of the molecule is Cc1c(OCc2ccccc2)cc(OCc2ccccc2)cc1O[C@H](CCO)c1ccc(OCc2ccccc2)cc1. The van der Waals surface area contributed by atoms with Crippen LogP contribution in [0, 0.1) is 6.92 Å². The van der Waals surface area contributed by atoms with Crippen LogP contribution >= 0.6 is 0 Å². The standard InChI is InChI=1S/C37H36O5/c1-28-36(41-27-31-15-9-4-10-16-31)23-34(40-26-30-13-7-3-8-14-30)24-37(28)42-35(21-22-38)32-17-19-33(20-18-32)39-25-29-11-5-2-6-12-29/h2-20,23-24,35,38H,21-22,25-27H2,1H3/t35-/m1/s1. The average molecular weight is 561 g/mol. The summed E-state index contributed by atoms with van der Waals surface area (Å²) in [5, 5.41) is 9.89. The van der Waals surface area contributed by atoms with E-state index in [1.54, 1.807) is 0 Å². The molecule has 42 heavy (non-hydrogen) atoms. The van der Waals surface area contributed by atoms with Crippen LogP contribution in [0.25, 0.3) is 0 Å². The molecule has 0 bridgehead atoms. The second kappa shape index (κ2) is 14.8. The molecule has 1 N–H and O–H groups in total. The molecular formula is C37H36O5. The Labute approximate surface area is 247 Å². The molecule has 0 aliphatic rings. The first-order valence-electron chi connectivity index (χ1n) is 14.2. The van der Waals surface area contributed by atoms with Crippen LogP contribution in [0.15, 0.2) is 127 Å². The van der Waals surface area contributed by atoms with E-state index in [2.05, 4.69) is 0 Å². The molecule has 5 aromatic rings. The summed E-state index contributed by atoms with van der Waals surface area (Å²) in [4.78, 5) is 0. The zero-order valence-corrected chi connectivity index (χ0v) is 23.8. The van der Waals surface area contributed by atoms with Gasteiger partial charge in [-0.1, -0.05) is 103 Å². The lowest BCUT2D eigenvalue weighted by atomic mass is 10.1. The van der Waals surface area contributed by atoms with E-state index in [-0.39, 0.29) is 12.7 Å². The van der Waals surface area contributed by atoms with E-state index in [9.17, 15) is 5.11 Å². The van der Waals surface area contributed by atoms with Gasteiger partial charge in [0.05, 0.1) is 0 Å². The minimum Gasteiger partial charge on any atom is -0.489 e. The quantitative estimate of drug-likeness (QED) is 0.148. The van der Waals surface area contributed by atoms with Gasteiger partial charge in [-0.2, -0.15) is 0 Å². The molecule has 5 nitrogen and oxygen atoms in total. The molecule has 0 saturated carbocycles. The molecule has 0 aromatic heterocycles. The molecule has 0 aliphatic heterocycles. The Morgan fingerprint density at radius 3 is 1.55 bits per heavy atom. The number of ether oxygens (including phenoxy) is 4. The van der Waals surface area contributed by atoms with Crippen molar-refractivity contribution in [3.8, 4) is 23.0 Å². The second-order valence-corrected chi connectivity index (χ2v) is 10.1. The van der Waals surface area contributed by atoms with Crippen molar-refractivity contribution in [3.05, 3.63) is 155 Å². The maximum Gasteiger partial charge on any atom is 0.130 e. The molecule has 5 rings (SSSR count). The highest BCUT2D eigenvalue weighted by molar-refractivity contribution is 5.50. The normalized spacial score (nSPS) is 11.5. The number of rotatable bonds is 14. The van der Waals surface area contributed by atoms with Crippen molar-refractivity contribution < 1.29 is 24.1 Å². The van der Waals surface area contributed by atoms with Crippen molar-refractivity contribution in [3.63, 3.8) is 0 Å². The Balaban J connectivity index is 1.35. The van der Waals surface area contributed by atoms with Crippen LogP contribution in [0.5, 0.6) is 23.0 Å². The molecule has 5 heteroatoms. The highest BCUT2D eigenvalue weighted by Gasteiger charge is 2.18. The summed E-state index contributed by atoms with van der Waals surface area (Å²) in [5.41, 5.74) is 5.06. The van der Waals surface area contributed by atoms with Crippen LogP contribution in [0.1, 0.15) is 40.3 Å². The Bertz CT molecular complexity index is 1500. The van der Waals surface area contributed by atoms with Crippen LogP contribution < -0.4 is 18.9 Å². The number of hydrogen-bond acceptors (Lipinski definition) is 5. The van der Waals surface area contributed by atoms with Crippen molar-refractivity contribution >= 4 is 0 Å². The molecule has 1 atom stereocenters. The third kappa shape index (κ3) is 8.15. The maximum absolute atomic E-state index is 9.89. The summed E-state index contributed by atoms with van der Waals surface area (Å²) < 4.78 is 25.0. The van der Waals surface area contributed by atoms with Crippen LogP contribution in [0.4, 0.5) is 0 Å². The van der Waals surface area contributed by atoms with Crippen LogP contribution in [0.2, 0.25) is 0 Å². The Kier molecular flexibility index (Phi) is 10.1. The number of hydrogen-bond donors (Lipinski definition) is 1. The van der Waals surface area contributed by atoms with E-state index in [0.717, 1.165) is 33.6 Å². The highest BCUT2D eigenvalue weighted by atomic mass is 16.5. The van der Waals surface area contributed by atoms with E-state index in [1.165, 1.54) is 0 Å². The monoisotopic (exact) mass is 560 g/mol. The first kappa shape index (κ1) is 28.8. The fourth-order valence-corrected chi connectivity index (χ4v) is 4.55. The lowest BCUT2D eigenvalue weighted by Crippen LogP contribution is -2.11. The summed E-state index contributed by atoms with van der Waals surface area (Å²) in [7, 11) is 0. The van der Waals surface area contributed by atoms with E-state index in [4.69, 9.17) is 18.9 Å². The lowest BCUT2D eigenvalue weighted by Gasteiger charge is -2.22. The van der Waals surface area contributed by atoms with Gasteiger partial charge in [0.1, 0.15) is 48.9 Å². The molecule has 0 heterocycles. The molecule has 0 saturated heterocycles. The van der Waals surface area contributed by atoms with Gasteiger partial charge in [-0.15, -0.1) is 0 Å². The Morgan fingerprint density at radius 1 is 0.548 bits per heavy atom. The first-order valence-corrected chi connectivity index (χ1v) is 14.2. The maximum atomic E-state index is 9.89. The van der Waals surface area contributed by atoms with E-state index in [0.29, 0.717) is 43.5 Å². The van der Waals surface area contributed by atoms with Crippen molar-refractivity contribution in [2.45, 2.75) is 39.3 Å². The van der Waals surface area contributed by atoms with E-state index < -0.39 is 0 Å². The van der Waals surface area contributed by atoms with Gasteiger partial charge in [-0.05, 0) is 41.3 Å². The average Bonchev–Trinajstić information content (AvgIpc) is 3.05. The molecule has 0 unspecified atom stereocenters. The van der Waals surface area contributed by atoms with Crippen molar-refractivity contribution in [1.29, 1.82) is 0 Å². The minimum absolute atomic E-state index is 0.0163. The third-order valence-corrected chi connectivity index (χ3v) is 6.93. The Morgan fingerprint density at radius 2 is 1.02 bits per heavy atom. The summed E-state index contributed by atoms with van der Waals surface area (Å²) >= 11 is 0. The van der Waals surface area contributed by atoms with Gasteiger partial charge in [0, 0.05) is 30.7 Å². The Hall–Kier alpha value is -4.74. The predicted octanol–water partition coefficient (Wildman–Crippen LogP) is 8.23. The first-order chi connectivity index (χ1) is 20.7. The van der Waals surface area contributed by atoms with Gasteiger partial charge in [-0.25, -0.2) is 0 Å². The molecule has 0 radical (unpaired) electrons. The van der Waals surface area contributed by atoms with Crippen LogP contribution in [-0.4, -0.2) is 11.7 Å². The summed E-state index contributed by atoms with van der Waals surface area (Å²) in [6.07, 6.45) is 0.0575. The predicted molar refractivity (Wildman–Crippen MR) is 165 cm³/mol. The fourth-order valence-electron chi connectivity index (χ4n) is 4.55. The zero-order valence-electron chi connectivity index (χ0n) is 23.8. The fraction of sp³-hybridized carbons (Fsp3) is 0.189. The molecule has 214 valence electrons. The number of benzene rings is 5. The van der Waals surface area contributed by atoms with Crippen molar-refractivity contribution in [2.24, 2.45) is 0 Å². The number of aliphatic hydroxyl groups excluding tert-OH is 1. The third-order valence-electron chi connectivity index (χ3n) is 6.93. The van der Waals surface area contributed by atoms with Gasteiger partial charge in [0.15, 0.2) is 0 Å². The van der Waals surface area contributed by atoms with Gasteiger partial charge in [-0.3, -0.25) is 0 Å². The van der Waals surface area contributed by atoms with Gasteiger partial charge in [0.2, 0.25) is 0 Å². The van der Waals surface area contributed by atoms with Crippen LogP contribution in [-0.2, 0) is 19.8 Å². The van der Waals surface area contributed by atoms with Gasteiger partial charge >= 0.3 is 0 Å². The van der Waals surface area contributed by atoms with E-state index >= 15 is 0 Å². The summed E-state index contributed by atoms with van der Waals surface area (Å²) in [5.74, 6) is 2.75. The molecule has 0 spiro atoms. The smallest absolute Gasteiger partial charge is 0.130 e. The van der Waals surface area contributed by atoms with E-state index in [1.807, 2.05) is 134 Å². The summed E-state index contributed by atoms with van der Waals surface area (Å²) in [6, 6.07) is 41.8. The van der Waals surface area contributed by atoms with Gasteiger partial charge in [0.25, 0.3) is 0 Å². The topological polar surface area (TPSA) is 57.2 Å². The lowest BCUT2D eigenvalue weighted by molar-refractivity contribution is 0.153. The van der Waals surface area contributed by atoms with Crippen LogP contribution in [0.3, 0.4) is 0 Å². The molecule has 5 aromatic carbocycles.